The van der Waals surface area contributed by atoms with Crippen molar-refractivity contribution in [1.29, 1.82) is 0 Å². The molecule has 1 unspecified atom stereocenters. The molecule has 2 atom stereocenters. The maximum atomic E-state index is 14.2. The highest BCUT2D eigenvalue weighted by Crippen LogP contribution is 2.34. The van der Waals surface area contributed by atoms with Crippen LogP contribution in [-0.4, -0.2) is 53.3 Å². The first kappa shape index (κ1) is 27.1. The highest BCUT2D eigenvalue weighted by Gasteiger charge is 2.35. The van der Waals surface area contributed by atoms with Gasteiger partial charge in [0.2, 0.25) is 5.88 Å². The first-order chi connectivity index (χ1) is 19.2. The number of aryl methyl sites for hydroxylation is 1. The second-order valence-electron chi connectivity index (χ2n) is 9.63. The van der Waals surface area contributed by atoms with E-state index in [0.717, 1.165) is 18.2 Å². The predicted molar refractivity (Wildman–Crippen MR) is 139 cm³/mol. The second kappa shape index (κ2) is 10.9. The highest BCUT2D eigenvalue weighted by atomic mass is 19.1. The first-order valence-corrected chi connectivity index (χ1v) is 13.0. The van der Waals surface area contributed by atoms with E-state index >= 15 is 0 Å². The smallest absolute Gasteiger partial charge is 0.290 e. The van der Waals surface area contributed by atoms with Gasteiger partial charge in [0.05, 0.1) is 6.04 Å². The molecule has 5 rings (SSSR count). The van der Waals surface area contributed by atoms with E-state index in [1.807, 2.05) is 6.92 Å². The van der Waals surface area contributed by atoms with E-state index in [9.17, 15) is 27.9 Å². The van der Waals surface area contributed by atoms with Gasteiger partial charge in [-0.05, 0) is 55.7 Å². The van der Waals surface area contributed by atoms with Crippen LogP contribution < -0.4 is 5.56 Å². The minimum Gasteiger partial charge on any atom is -0.494 e. The van der Waals surface area contributed by atoms with Crippen LogP contribution >= 0.6 is 0 Å². The van der Waals surface area contributed by atoms with Crippen LogP contribution in [0.15, 0.2) is 53.6 Å². The van der Waals surface area contributed by atoms with Crippen LogP contribution in [0.3, 0.4) is 0 Å². The van der Waals surface area contributed by atoms with Crippen LogP contribution in [0, 0.1) is 17.5 Å². The van der Waals surface area contributed by atoms with Crippen LogP contribution in [0.1, 0.15) is 60.3 Å². The zero-order valence-corrected chi connectivity index (χ0v) is 21.9. The average molecular weight is 553 g/mol. The maximum absolute atomic E-state index is 14.2. The number of hydrogen-bond donors (Lipinski definition) is 1. The van der Waals surface area contributed by atoms with Gasteiger partial charge in [-0.3, -0.25) is 23.8 Å². The van der Waals surface area contributed by atoms with Crippen molar-refractivity contribution < 1.29 is 23.1 Å². The third kappa shape index (κ3) is 5.08. The fourth-order valence-electron chi connectivity index (χ4n) is 5.17. The predicted octanol–water partition coefficient (Wildman–Crippen LogP) is 4.27. The minimum absolute atomic E-state index is 0.0500. The van der Waals surface area contributed by atoms with Crippen molar-refractivity contribution in [2.45, 2.75) is 45.2 Å². The van der Waals surface area contributed by atoms with E-state index in [4.69, 9.17) is 0 Å². The summed E-state index contributed by atoms with van der Waals surface area (Å²) in [5, 5.41) is 15.9. The lowest BCUT2D eigenvalue weighted by Gasteiger charge is -2.25. The molecule has 1 N–H and O–H groups in total. The van der Waals surface area contributed by atoms with Gasteiger partial charge >= 0.3 is 0 Å². The highest BCUT2D eigenvalue weighted by molar-refractivity contribution is 5.96. The second-order valence-corrected chi connectivity index (χ2v) is 9.63. The summed E-state index contributed by atoms with van der Waals surface area (Å²) >= 11 is 0. The first-order valence-electron chi connectivity index (χ1n) is 13.0. The number of aromatic nitrogens is 5. The molecule has 0 bridgehead atoms. The van der Waals surface area contributed by atoms with Gasteiger partial charge in [0.25, 0.3) is 11.5 Å². The number of nitrogens with zero attached hydrogens (tertiary/aromatic N) is 6. The van der Waals surface area contributed by atoms with E-state index < -0.39 is 46.4 Å². The molecule has 1 aliphatic rings. The molecule has 12 heteroatoms. The largest absolute Gasteiger partial charge is 0.494 e. The summed E-state index contributed by atoms with van der Waals surface area (Å²) in [6.07, 6.45) is 3.72. The number of carbonyl (C=O) groups is 1. The van der Waals surface area contributed by atoms with Crippen LogP contribution in [0.4, 0.5) is 13.2 Å². The van der Waals surface area contributed by atoms with Gasteiger partial charge < -0.3 is 10.0 Å². The number of hydrogen-bond acceptors (Lipinski definition) is 6. The number of rotatable bonds is 7. The zero-order valence-electron chi connectivity index (χ0n) is 21.9. The maximum Gasteiger partial charge on any atom is 0.290 e. The molecule has 40 heavy (non-hydrogen) atoms. The van der Waals surface area contributed by atoms with E-state index in [2.05, 4.69) is 15.1 Å². The van der Waals surface area contributed by atoms with E-state index in [-0.39, 0.29) is 42.5 Å². The number of aromatic hydroxyl groups is 1. The molecule has 1 aliphatic heterocycles. The Bertz CT molecular complexity index is 1620. The molecule has 0 aliphatic carbocycles. The van der Waals surface area contributed by atoms with Crippen molar-refractivity contribution in [2.24, 2.45) is 0 Å². The summed E-state index contributed by atoms with van der Waals surface area (Å²) in [5.41, 5.74) is -0.638. The third-order valence-electron chi connectivity index (χ3n) is 7.11. The number of amides is 1. The Hall–Kier alpha value is -4.48. The Labute approximate surface area is 227 Å². The molecular weight excluding hydrogens is 525 g/mol. The molecule has 4 aromatic rings. The number of benzene rings is 1. The van der Waals surface area contributed by atoms with Gasteiger partial charge in [0, 0.05) is 49.7 Å². The molecule has 1 saturated heterocycles. The van der Waals surface area contributed by atoms with Crippen molar-refractivity contribution in [1.82, 2.24) is 29.2 Å². The van der Waals surface area contributed by atoms with Gasteiger partial charge in [-0.15, -0.1) is 0 Å². The molecule has 1 amide bonds. The molecule has 0 radical (unpaired) electrons. The summed E-state index contributed by atoms with van der Waals surface area (Å²) in [6, 6.07) is 6.22. The van der Waals surface area contributed by atoms with Crippen molar-refractivity contribution >= 4 is 5.91 Å². The quantitative estimate of drug-likeness (QED) is 0.367. The number of carbonyl (C=O) groups excluding carboxylic acids is 1. The van der Waals surface area contributed by atoms with Gasteiger partial charge in [0.1, 0.15) is 23.1 Å². The third-order valence-corrected chi connectivity index (χ3v) is 7.11. The van der Waals surface area contributed by atoms with E-state index in [0.29, 0.717) is 18.7 Å². The Morgan fingerprint density at radius 2 is 1.85 bits per heavy atom. The Morgan fingerprint density at radius 3 is 2.50 bits per heavy atom. The van der Waals surface area contributed by atoms with Crippen molar-refractivity contribution in [3.05, 3.63) is 93.4 Å². The average Bonchev–Trinajstić information content (AvgIpc) is 3.60. The van der Waals surface area contributed by atoms with Gasteiger partial charge in [-0.2, -0.15) is 10.1 Å². The van der Waals surface area contributed by atoms with Crippen molar-refractivity contribution in [2.75, 3.05) is 13.1 Å². The summed E-state index contributed by atoms with van der Waals surface area (Å²) in [6.45, 7) is 4.52. The standard InChI is InChI=1S/C28H27F3N6O3/c1-3-23(17-11-19(30)13-20(31)12-17)37-25(21-7-10-36(4-2)34-21)33-26(38)24(28(37)40)27(39)35-9-6-16(15-35)22-14-18(29)5-8-32-22/h5,7-8,10-14,16,23,40H,3-4,6,9,15H2,1-2H3/t16?,23-/m0/s1. The Balaban J connectivity index is 1.61. The Morgan fingerprint density at radius 1 is 1.10 bits per heavy atom. The Kier molecular flexibility index (Phi) is 7.42. The van der Waals surface area contributed by atoms with Crippen molar-refractivity contribution in [3.63, 3.8) is 0 Å². The minimum atomic E-state index is -0.965. The lowest BCUT2D eigenvalue weighted by Crippen LogP contribution is -2.35. The number of likely N-dealkylation sites (tertiary alicyclic amines) is 1. The summed E-state index contributed by atoms with van der Waals surface area (Å²) < 4.78 is 45.0. The van der Waals surface area contributed by atoms with Crippen LogP contribution in [0.25, 0.3) is 11.5 Å². The fraction of sp³-hybridized carbons (Fsp3) is 0.321. The van der Waals surface area contributed by atoms with Gasteiger partial charge in [-0.25, -0.2) is 13.2 Å². The topological polar surface area (TPSA) is 106 Å². The number of pyridine rings is 1. The lowest BCUT2D eigenvalue weighted by molar-refractivity contribution is 0.0783. The monoisotopic (exact) mass is 552 g/mol. The number of halogens is 3. The molecule has 0 saturated carbocycles. The molecule has 1 aromatic carbocycles. The van der Waals surface area contributed by atoms with E-state index in [1.54, 1.807) is 23.9 Å². The molecule has 0 spiro atoms. The van der Waals surface area contributed by atoms with Gasteiger partial charge in [-0.1, -0.05) is 6.92 Å². The summed E-state index contributed by atoms with van der Waals surface area (Å²) in [7, 11) is 0. The molecular formula is C28H27F3N6O3. The van der Waals surface area contributed by atoms with E-state index in [1.165, 1.54) is 27.8 Å². The zero-order chi connectivity index (χ0) is 28.6. The molecule has 3 aromatic heterocycles. The van der Waals surface area contributed by atoms with Crippen LogP contribution in [-0.2, 0) is 6.54 Å². The van der Waals surface area contributed by atoms with Crippen molar-refractivity contribution in [3.8, 4) is 17.4 Å². The molecule has 208 valence electrons. The molecule has 4 heterocycles. The van der Waals surface area contributed by atoms with Crippen LogP contribution in [0.2, 0.25) is 0 Å². The van der Waals surface area contributed by atoms with Gasteiger partial charge in [0.15, 0.2) is 11.4 Å². The molecule has 9 nitrogen and oxygen atoms in total. The summed E-state index contributed by atoms with van der Waals surface area (Å²) in [5.74, 6) is -3.82. The normalized spacial score (nSPS) is 15.9. The lowest BCUT2D eigenvalue weighted by atomic mass is 10.0. The molecule has 1 fully saturated rings. The summed E-state index contributed by atoms with van der Waals surface area (Å²) in [4.78, 5) is 36.6. The van der Waals surface area contributed by atoms with Crippen LogP contribution in [0.5, 0.6) is 5.88 Å². The SMILES string of the molecule is CC[C@@H](c1cc(F)cc(F)c1)n1c(-c2ccn(CC)n2)nc(=O)c(C(=O)N2CCC(c3cc(F)ccn3)C2)c1O. The fourth-order valence-corrected chi connectivity index (χ4v) is 5.17.